The number of piperidine rings is 1. The third kappa shape index (κ3) is 3.98. The minimum absolute atomic E-state index is 0.0107. The quantitative estimate of drug-likeness (QED) is 0.844. The maximum atomic E-state index is 12.6. The summed E-state index contributed by atoms with van der Waals surface area (Å²) < 4.78 is 5.19. The molecule has 1 aliphatic rings. The van der Waals surface area contributed by atoms with Crippen LogP contribution in [-0.2, 0) is 4.79 Å². The topological polar surface area (TPSA) is 98.7 Å². The largest absolute Gasteiger partial charge is 0.484 e. The second-order valence-electron chi connectivity index (χ2n) is 5.70. The summed E-state index contributed by atoms with van der Waals surface area (Å²) in [4.78, 5) is 25.2. The molecule has 0 spiro atoms. The Bertz CT molecular complexity index is 528. The zero-order valence-corrected chi connectivity index (χ0v) is 12.8. The molecule has 1 saturated heterocycles. The predicted molar refractivity (Wildman–Crippen MR) is 83.5 cm³/mol. The molecular formula is C16H23N3O3. The van der Waals surface area contributed by atoms with E-state index in [0.29, 0.717) is 11.3 Å². The van der Waals surface area contributed by atoms with Gasteiger partial charge in [-0.05, 0) is 50.5 Å². The fraction of sp³-hybridized carbons (Fsp3) is 0.500. The van der Waals surface area contributed by atoms with Crippen molar-refractivity contribution in [2.24, 2.45) is 11.5 Å². The Kier molecular flexibility index (Phi) is 5.38. The van der Waals surface area contributed by atoms with Gasteiger partial charge in [0, 0.05) is 24.2 Å². The molecule has 4 N–H and O–H groups in total. The normalized spacial score (nSPS) is 19.5. The molecule has 0 bridgehead atoms. The summed E-state index contributed by atoms with van der Waals surface area (Å²) in [7, 11) is 0. The number of carbonyl (C=O) groups excluding carboxylic acids is 2. The molecule has 6 nitrogen and oxygen atoms in total. The number of carbonyl (C=O) groups is 2. The molecule has 1 heterocycles. The molecule has 1 fully saturated rings. The third-order valence-electron chi connectivity index (χ3n) is 3.90. The number of nitrogens with two attached hydrogens (primary N) is 2. The zero-order valence-electron chi connectivity index (χ0n) is 12.8. The van der Waals surface area contributed by atoms with Gasteiger partial charge in [-0.2, -0.15) is 0 Å². The third-order valence-corrected chi connectivity index (χ3v) is 3.90. The first-order valence-electron chi connectivity index (χ1n) is 7.56. The van der Waals surface area contributed by atoms with Gasteiger partial charge in [0.05, 0.1) is 0 Å². The van der Waals surface area contributed by atoms with Crippen molar-refractivity contribution in [1.29, 1.82) is 0 Å². The number of rotatable bonds is 5. The molecule has 1 aromatic carbocycles. The van der Waals surface area contributed by atoms with Crippen LogP contribution in [0.3, 0.4) is 0 Å². The van der Waals surface area contributed by atoms with E-state index in [4.69, 9.17) is 16.2 Å². The van der Waals surface area contributed by atoms with Gasteiger partial charge in [-0.25, -0.2) is 0 Å². The Hall–Kier alpha value is -2.08. The van der Waals surface area contributed by atoms with Crippen molar-refractivity contribution in [2.75, 3.05) is 13.2 Å². The average molecular weight is 305 g/mol. The van der Waals surface area contributed by atoms with E-state index < -0.39 is 5.91 Å². The average Bonchev–Trinajstić information content (AvgIpc) is 2.52. The fourth-order valence-corrected chi connectivity index (χ4v) is 2.77. The van der Waals surface area contributed by atoms with Crippen LogP contribution in [0.15, 0.2) is 24.3 Å². The van der Waals surface area contributed by atoms with Gasteiger partial charge in [0.1, 0.15) is 5.75 Å². The van der Waals surface area contributed by atoms with Crippen molar-refractivity contribution < 1.29 is 14.3 Å². The summed E-state index contributed by atoms with van der Waals surface area (Å²) in [6, 6.07) is 6.79. The van der Waals surface area contributed by atoms with Crippen molar-refractivity contribution in [1.82, 2.24) is 4.90 Å². The second-order valence-corrected chi connectivity index (χ2v) is 5.70. The Morgan fingerprint density at radius 2 is 2.00 bits per heavy atom. The number of hydrogen-bond donors (Lipinski definition) is 2. The van der Waals surface area contributed by atoms with Crippen molar-refractivity contribution in [3.05, 3.63) is 29.8 Å². The summed E-state index contributed by atoms with van der Waals surface area (Å²) in [6.07, 6.45) is 3.06. The van der Waals surface area contributed by atoms with Gasteiger partial charge >= 0.3 is 0 Å². The first-order chi connectivity index (χ1) is 10.5. The van der Waals surface area contributed by atoms with Gasteiger partial charge in [-0.15, -0.1) is 0 Å². The number of nitrogens with zero attached hydrogens (tertiary/aromatic N) is 1. The molecule has 2 unspecified atom stereocenters. The maximum Gasteiger partial charge on any atom is 0.255 e. The van der Waals surface area contributed by atoms with Gasteiger partial charge in [0.15, 0.2) is 6.61 Å². The van der Waals surface area contributed by atoms with Gasteiger partial charge in [0.2, 0.25) is 0 Å². The van der Waals surface area contributed by atoms with Crippen LogP contribution in [0, 0.1) is 0 Å². The summed E-state index contributed by atoms with van der Waals surface area (Å²) in [5.41, 5.74) is 11.6. The number of hydrogen-bond acceptors (Lipinski definition) is 4. The van der Waals surface area contributed by atoms with E-state index in [2.05, 4.69) is 0 Å². The summed E-state index contributed by atoms with van der Waals surface area (Å²) in [5.74, 6) is -0.0329. The molecule has 1 aromatic rings. The molecule has 2 rings (SSSR count). The second kappa shape index (κ2) is 7.26. The zero-order chi connectivity index (χ0) is 16.1. The van der Waals surface area contributed by atoms with Crippen molar-refractivity contribution >= 4 is 11.8 Å². The lowest BCUT2D eigenvalue weighted by Gasteiger charge is -2.38. The highest BCUT2D eigenvalue weighted by molar-refractivity contribution is 5.94. The Balaban J connectivity index is 2.06. The van der Waals surface area contributed by atoms with E-state index in [1.54, 1.807) is 24.3 Å². The van der Waals surface area contributed by atoms with Crippen LogP contribution < -0.4 is 16.2 Å². The molecule has 120 valence electrons. The van der Waals surface area contributed by atoms with E-state index in [1.165, 1.54) is 0 Å². The maximum absolute atomic E-state index is 12.6. The number of likely N-dealkylation sites (tertiary alicyclic amines) is 1. The number of benzene rings is 1. The van der Waals surface area contributed by atoms with Gasteiger partial charge in [0.25, 0.3) is 11.8 Å². The van der Waals surface area contributed by atoms with E-state index in [9.17, 15) is 9.59 Å². The van der Waals surface area contributed by atoms with Crippen LogP contribution in [0.4, 0.5) is 0 Å². The van der Waals surface area contributed by atoms with Crippen molar-refractivity contribution in [2.45, 2.75) is 38.3 Å². The first-order valence-corrected chi connectivity index (χ1v) is 7.56. The molecule has 0 saturated carbocycles. The molecule has 0 aromatic heterocycles. The van der Waals surface area contributed by atoms with Crippen LogP contribution in [0.25, 0.3) is 0 Å². The van der Waals surface area contributed by atoms with Crippen molar-refractivity contribution in [3.63, 3.8) is 0 Å². The number of ether oxygens (including phenoxy) is 1. The number of primary amides is 1. The van der Waals surface area contributed by atoms with Crippen LogP contribution in [0.1, 0.15) is 36.5 Å². The molecule has 1 aliphatic heterocycles. The van der Waals surface area contributed by atoms with Crippen LogP contribution >= 0.6 is 0 Å². The molecule has 6 heteroatoms. The highest BCUT2D eigenvalue weighted by atomic mass is 16.5. The number of amides is 2. The standard InChI is InChI=1S/C16H23N3O3/c1-11(17)14-4-2-3-9-19(14)16(21)12-5-7-13(8-6-12)22-10-15(18)20/h5-8,11,14H,2-4,9-10,17H2,1H3,(H2,18,20). The van der Waals surface area contributed by atoms with Crippen LogP contribution in [-0.4, -0.2) is 41.9 Å². The first kappa shape index (κ1) is 16.3. The summed E-state index contributed by atoms with van der Waals surface area (Å²) >= 11 is 0. The Labute approximate surface area is 130 Å². The van der Waals surface area contributed by atoms with Gasteiger partial charge in [-0.3, -0.25) is 9.59 Å². The van der Waals surface area contributed by atoms with Gasteiger partial charge < -0.3 is 21.1 Å². The summed E-state index contributed by atoms with van der Waals surface area (Å²) in [5, 5.41) is 0. The predicted octanol–water partition coefficient (Wildman–Crippen LogP) is 0.893. The molecule has 0 radical (unpaired) electrons. The Morgan fingerprint density at radius 3 is 2.59 bits per heavy atom. The minimum Gasteiger partial charge on any atom is -0.484 e. The van der Waals surface area contributed by atoms with E-state index >= 15 is 0 Å². The fourth-order valence-electron chi connectivity index (χ4n) is 2.77. The highest BCUT2D eigenvalue weighted by Gasteiger charge is 2.29. The minimum atomic E-state index is -0.534. The van der Waals surface area contributed by atoms with Crippen molar-refractivity contribution in [3.8, 4) is 5.75 Å². The molecule has 0 aliphatic carbocycles. The Morgan fingerprint density at radius 1 is 1.32 bits per heavy atom. The van der Waals surface area contributed by atoms with Crippen LogP contribution in [0.2, 0.25) is 0 Å². The van der Waals surface area contributed by atoms with E-state index in [1.807, 2.05) is 11.8 Å². The highest BCUT2D eigenvalue weighted by Crippen LogP contribution is 2.22. The lowest BCUT2D eigenvalue weighted by Crippen LogP contribution is -2.51. The molecular weight excluding hydrogens is 282 g/mol. The molecule has 22 heavy (non-hydrogen) atoms. The lowest BCUT2D eigenvalue weighted by molar-refractivity contribution is -0.119. The monoisotopic (exact) mass is 305 g/mol. The molecule has 2 atom stereocenters. The van der Waals surface area contributed by atoms with E-state index in [-0.39, 0.29) is 24.6 Å². The van der Waals surface area contributed by atoms with Crippen LogP contribution in [0.5, 0.6) is 5.75 Å². The SMILES string of the molecule is CC(N)C1CCCCN1C(=O)c1ccc(OCC(N)=O)cc1. The van der Waals surface area contributed by atoms with Gasteiger partial charge in [-0.1, -0.05) is 0 Å². The summed E-state index contributed by atoms with van der Waals surface area (Å²) in [6.45, 7) is 2.51. The molecule has 2 amide bonds. The smallest absolute Gasteiger partial charge is 0.255 e. The van der Waals surface area contributed by atoms with E-state index in [0.717, 1.165) is 25.8 Å². The lowest BCUT2D eigenvalue weighted by atomic mass is 9.96.